The molecule has 0 radical (unpaired) electrons. The van der Waals surface area contributed by atoms with Gasteiger partial charge in [0.1, 0.15) is 5.70 Å². The number of morpholine rings is 1. The highest BCUT2D eigenvalue weighted by molar-refractivity contribution is 6.06. The van der Waals surface area contributed by atoms with Crippen molar-refractivity contribution in [2.75, 3.05) is 39.4 Å². The number of amides is 2. The molecule has 164 valence electrons. The van der Waals surface area contributed by atoms with Crippen molar-refractivity contribution in [3.05, 3.63) is 89.6 Å². The number of nitrogens with zero attached hydrogens (tertiary/aromatic N) is 1. The molecule has 0 atom stereocenters. The summed E-state index contributed by atoms with van der Waals surface area (Å²) in [6.07, 6.45) is 1.74. The molecule has 0 aliphatic carbocycles. The zero-order valence-corrected chi connectivity index (χ0v) is 17.9. The number of rotatable bonds is 7. The van der Waals surface area contributed by atoms with Crippen LogP contribution in [0.1, 0.15) is 15.9 Å². The first-order valence-corrected chi connectivity index (χ1v) is 10.8. The van der Waals surface area contributed by atoms with Gasteiger partial charge in [0.2, 0.25) is 0 Å². The molecule has 1 fully saturated rings. The molecule has 3 aromatic rings. The van der Waals surface area contributed by atoms with Crippen LogP contribution in [0.3, 0.4) is 0 Å². The number of carbonyl (C=O) groups excluding carboxylic acids is 2. The van der Waals surface area contributed by atoms with Crippen LogP contribution < -0.4 is 10.6 Å². The molecule has 0 spiro atoms. The van der Waals surface area contributed by atoms with Crippen molar-refractivity contribution in [3.8, 4) is 0 Å². The van der Waals surface area contributed by atoms with Crippen LogP contribution in [0.5, 0.6) is 0 Å². The highest BCUT2D eigenvalue weighted by Gasteiger charge is 2.16. The SMILES string of the molecule is O=C(NCCN1CCOCC1)/C(=C\c1cccc2ccccc12)NC(=O)c1ccccc1. The van der Waals surface area contributed by atoms with E-state index in [4.69, 9.17) is 4.74 Å². The second-order valence-electron chi connectivity index (χ2n) is 7.66. The molecule has 3 aromatic carbocycles. The van der Waals surface area contributed by atoms with Crippen molar-refractivity contribution in [3.63, 3.8) is 0 Å². The highest BCUT2D eigenvalue weighted by atomic mass is 16.5. The lowest BCUT2D eigenvalue weighted by molar-refractivity contribution is -0.117. The van der Waals surface area contributed by atoms with Crippen LogP contribution in [0.15, 0.2) is 78.5 Å². The first-order chi connectivity index (χ1) is 15.7. The lowest BCUT2D eigenvalue weighted by atomic mass is 10.0. The predicted molar refractivity (Wildman–Crippen MR) is 126 cm³/mol. The Kier molecular flexibility index (Phi) is 7.27. The Morgan fingerprint density at radius 1 is 0.906 bits per heavy atom. The number of hydrogen-bond donors (Lipinski definition) is 2. The molecule has 1 saturated heterocycles. The largest absolute Gasteiger partial charge is 0.379 e. The van der Waals surface area contributed by atoms with Gasteiger partial charge in [-0.1, -0.05) is 60.7 Å². The maximum atomic E-state index is 13.1. The zero-order valence-electron chi connectivity index (χ0n) is 17.9. The Labute approximate surface area is 187 Å². The average Bonchev–Trinajstić information content (AvgIpc) is 2.85. The smallest absolute Gasteiger partial charge is 0.267 e. The Balaban J connectivity index is 1.55. The van der Waals surface area contributed by atoms with E-state index in [-0.39, 0.29) is 17.5 Å². The number of fused-ring (bicyclic) bond motifs is 1. The molecule has 2 N–H and O–H groups in total. The van der Waals surface area contributed by atoms with Gasteiger partial charge in [-0.15, -0.1) is 0 Å². The van der Waals surface area contributed by atoms with E-state index in [9.17, 15) is 9.59 Å². The summed E-state index contributed by atoms with van der Waals surface area (Å²) in [5.74, 6) is -0.629. The summed E-state index contributed by atoms with van der Waals surface area (Å²) in [7, 11) is 0. The number of benzene rings is 3. The molecule has 4 rings (SSSR count). The average molecular weight is 430 g/mol. The van der Waals surface area contributed by atoms with Gasteiger partial charge in [-0.05, 0) is 34.5 Å². The second-order valence-corrected chi connectivity index (χ2v) is 7.66. The van der Waals surface area contributed by atoms with Crippen molar-refractivity contribution in [2.24, 2.45) is 0 Å². The van der Waals surface area contributed by atoms with E-state index in [1.165, 1.54) is 0 Å². The van der Waals surface area contributed by atoms with E-state index in [1.54, 1.807) is 30.3 Å². The van der Waals surface area contributed by atoms with Gasteiger partial charge in [0.15, 0.2) is 0 Å². The fourth-order valence-corrected chi connectivity index (χ4v) is 3.72. The van der Waals surface area contributed by atoms with E-state index in [1.807, 2.05) is 48.5 Å². The van der Waals surface area contributed by atoms with Gasteiger partial charge in [-0.25, -0.2) is 0 Å². The standard InChI is InChI=1S/C26H27N3O3/c30-25(21-8-2-1-3-9-21)28-24(26(31)27-13-14-29-15-17-32-18-16-29)19-22-11-6-10-20-7-4-5-12-23(20)22/h1-12,19H,13-18H2,(H,27,31)(H,28,30)/b24-19+. The van der Waals surface area contributed by atoms with Gasteiger partial charge in [0, 0.05) is 31.7 Å². The fourth-order valence-electron chi connectivity index (χ4n) is 3.72. The van der Waals surface area contributed by atoms with Gasteiger partial charge in [0.25, 0.3) is 11.8 Å². The van der Waals surface area contributed by atoms with E-state index in [2.05, 4.69) is 15.5 Å². The van der Waals surface area contributed by atoms with Crippen LogP contribution in [0.25, 0.3) is 16.8 Å². The molecule has 0 saturated carbocycles. The lowest BCUT2D eigenvalue weighted by Crippen LogP contribution is -2.42. The van der Waals surface area contributed by atoms with Gasteiger partial charge in [-0.3, -0.25) is 14.5 Å². The second kappa shape index (κ2) is 10.7. The topological polar surface area (TPSA) is 70.7 Å². The number of hydrogen-bond acceptors (Lipinski definition) is 4. The van der Waals surface area contributed by atoms with E-state index in [0.717, 1.165) is 36.0 Å². The van der Waals surface area contributed by atoms with Crippen molar-refractivity contribution >= 4 is 28.7 Å². The van der Waals surface area contributed by atoms with Crippen molar-refractivity contribution in [2.45, 2.75) is 0 Å². The van der Waals surface area contributed by atoms with Gasteiger partial charge in [0.05, 0.1) is 13.2 Å². The number of carbonyl (C=O) groups is 2. The maximum Gasteiger partial charge on any atom is 0.267 e. The van der Waals surface area contributed by atoms with E-state index in [0.29, 0.717) is 25.3 Å². The molecular weight excluding hydrogens is 402 g/mol. The third-order valence-corrected chi connectivity index (χ3v) is 5.47. The normalized spacial score (nSPS) is 14.8. The molecule has 1 heterocycles. The summed E-state index contributed by atoms with van der Waals surface area (Å²) >= 11 is 0. The Bertz CT molecular complexity index is 1100. The quantitative estimate of drug-likeness (QED) is 0.567. The number of nitrogens with one attached hydrogen (secondary N) is 2. The molecule has 2 amide bonds. The third-order valence-electron chi connectivity index (χ3n) is 5.47. The number of ether oxygens (including phenoxy) is 1. The van der Waals surface area contributed by atoms with Gasteiger partial charge >= 0.3 is 0 Å². The van der Waals surface area contributed by atoms with Crippen molar-refractivity contribution < 1.29 is 14.3 Å². The molecule has 0 aromatic heterocycles. The van der Waals surface area contributed by atoms with Crippen LogP contribution in [0.2, 0.25) is 0 Å². The molecule has 1 aliphatic rings. The van der Waals surface area contributed by atoms with Crippen LogP contribution in [0, 0.1) is 0 Å². The van der Waals surface area contributed by atoms with Gasteiger partial charge < -0.3 is 15.4 Å². The Hall–Kier alpha value is -3.48. The van der Waals surface area contributed by atoms with Crippen LogP contribution in [-0.4, -0.2) is 56.1 Å². The summed E-state index contributed by atoms with van der Waals surface area (Å²) in [4.78, 5) is 28.1. The summed E-state index contributed by atoms with van der Waals surface area (Å²) in [5.41, 5.74) is 1.59. The monoisotopic (exact) mass is 429 g/mol. The van der Waals surface area contributed by atoms with Crippen LogP contribution >= 0.6 is 0 Å². The minimum absolute atomic E-state index is 0.220. The van der Waals surface area contributed by atoms with Crippen molar-refractivity contribution in [1.29, 1.82) is 0 Å². The first-order valence-electron chi connectivity index (χ1n) is 10.8. The zero-order chi connectivity index (χ0) is 22.2. The van der Waals surface area contributed by atoms with E-state index < -0.39 is 0 Å². The Morgan fingerprint density at radius 2 is 1.62 bits per heavy atom. The molecule has 6 nitrogen and oxygen atoms in total. The molecule has 32 heavy (non-hydrogen) atoms. The minimum Gasteiger partial charge on any atom is -0.379 e. The van der Waals surface area contributed by atoms with Crippen molar-refractivity contribution in [1.82, 2.24) is 15.5 Å². The minimum atomic E-state index is -0.319. The molecular formula is C26H27N3O3. The summed E-state index contributed by atoms with van der Waals surface area (Å²) in [5, 5.41) is 7.85. The summed E-state index contributed by atoms with van der Waals surface area (Å²) < 4.78 is 5.37. The summed E-state index contributed by atoms with van der Waals surface area (Å²) in [6.45, 7) is 4.38. The first kappa shape index (κ1) is 21.7. The fraction of sp³-hybridized carbons (Fsp3) is 0.231. The van der Waals surface area contributed by atoms with E-state index >= 15 is 0 Å². The predicted octanol–water partition coefficient (Wildman–Crippen LogP) is 3.06. The molecule has 0 unspecified atom stereocenters. The Morgan fingerprint density at radius 3 is 2.44 bits per heavy atom. The van der Waals surface area contributed by atoms with Crippen LogP contribution in [-0.2, 0) is 9.53 Å². The summed E-state index contributed by atoms with van der Waals surface area (Å²) in [6, 6.07) is 22.8. The maximum absolute atomic E-state index is 13.1. The molecule has 0 bridgehead atoms. The lowest BCUT2D eigenvalue weighted by Gasteiger charge is -2.26. The highest BCUT2D eigenvalue weighted by Crippen LogP contribution is 2.20. The molecule has 6 heteroatoms. The van der Waals surface area contributed by atoms with Gasteiger partial charge in [-0.2, -0.15) is 0 Å². The third kappa shape index (κ3) is 5.60. The van der Waals surface area contributed by atoms with Crippen LogP contribution in [0.4, 0.5) is 0 Å². The molecule has 1 aliphatic heterocycles.